The van der Waals surface area contributed by atoms with Gasteiger partial charge in [0.2, 0.25) is 0 Å². The molecule has 0 spiro atoms. The zero-order valence-corrected chi connectivity index (χ0v) is 15.0. The van der Waals surface area contributed by atoms with Gasteiger partial charge in [-0.3, -0.25) is 9.59 Å². The van der Waals surface area contributed by atoms with Crippen LogP contribution in [0.15, 0.2) is 72.1 Å². The van der Waals surface area contributed by atoms with Gasteiger partial charge < -0.3 is 10.1 Å². The van der Waals surface area contributed by atoms with E-state index in [4.69, 9.17) is 4.74 Å². The average Bonchev–Trinajstić information content (AvgIpc) is 3.15. The quantitative estimate of drug-likeness (QED) is 0.642. The first kappa shape index (κ1) is 17.9. The highest BCUT2D eigenvalue weighted by Gasteiger charge is 2.11. The molecule has 0 radical (unpaired) electrons. The second-order valence-corrected chi connectivity index (χ2v) is 6.82. The molecule has 3 aromatic rings. The fraction of sp³-hybridized carbons (Fsp3) is 0.143. The van der Waals surface area contributed by atoms with Crippen molar-refractivity contribution in [2.45, 2.75) is 12.8 Å². The Morgan fingerprint density at radius 3 is 2.46 bits per heavy atom. The summed E-state index contributed by atoms with van der Waals surface area (Å²) in [6.07, 6.45) is 0.908. The van der Waals surface area contributed by atoms with Crippen LogP contribution in [0.2, 0.25) is 0 Å². The molecule has 0 unspecified atom stereocenters. The number of hydrogen-bond acceptors (Lipinski definition) is 4. The van der Waals surface area contributed by atoms with E-state index < -0.39 is 5.97 Å². The first-order valence-corrected chi connectivity index (χ1v) is 9.18. The van der Waals surface area contributed by atoms with Crippen LogP contribution in [-0.2, 0) is 27.2 Å². The van der Waals surface area contributed by atoms with Gasteiger partial charge in [0.05, 0.1) is 6.42 Å². The van der Waals surface area contributed by atoms with Crippen LogP contribution in [0, 0.1) is 0 Å². The molecule has 0 atom stereocenters. The molecule has 0 saturated heterocycles. The van der Waals surface area contributed by atoms with E-state index in [0.717, 1.165) is 28.1 Å². The van der Waals surface area contributed by atoms with E-state index in [-0.39, 0.29) is 18.9 Å². The summed E-state index contributed by atoms with van der Waals surface area (Å²) >= 11 is 1.49. The predicted molar refractivity (Wildman–Crippen MR) is 103 cm³/mol. The van der Waals surface area contributed by atoms with E-state index in [1.165, 1.54) is 11.3 Å². The lowest BCUT2D eigenvalue weighted by atomic mass is 10.0. The summed E-state index contributed by atoms with van der Waals surface area (Å²) < 4.78 is 5.06. The molecule has 0 bridgehead atoms. The van der Waals surface area contributed by atoms with Crippen molar-refractivity contribution in [3.63, 3.8) is 0 Å². The zero-order chi connectivity index (χ0) is 18.2. The van der Waals surface area contributed by atoms with Gasteiger partial charge >= 0.3 is 5.97 Å². The number of carbonyl (C=O) groups is 2. The topological polar surface area (TPSA) is 55.4 Å². The number of rotatable bonds is 7. The predicted octanol–water partition coefficient (Wildman–Crippen LogP) is 4.06. The molecule has 26 heavy (non-hydrogen) atoms. The van der Waals surface area contributed by atoms with E-state index in [0.29, 0.717) is 0 Å². The van der Waals surface area contributed by atoms with Crippen molar-refractivity contribution in [2.75, 3.05) is 11.9 Å². The standard InChI is InChI=1S/C21H19NO3S/c23-20(15-25-21(24)14-18-10-6-12-26-18)22-19-11-5-4-9-17(19)13-16-7-2-1-3-8-16/h1-12H,13-15H2,(H,22,23). The Morgan fingerprint density at radius 1 is 0.923 bits per heavy atom. The fourth-order valence-corrected chi connectivity index (χ4v) is 3.24. The summed E-state index contributed by atoms with van der Waals surface area (Å²) in [6.45, 7) is -0.288. The lowest BCUT2D eigenvalue weighted by Crippen LogP contribution is -2.22. The highest BCUT2D eigenvalue weighted by atomic mass is 32.1. The van der Waals surface area contributed by atoms with Gasteiger partial charge in [-0.25, -0.2) is 0 Å². The Hall–Kier alpha value is -2.92. The monoisotopic (exact) mass is 365 g/mol. The summed E-state index contributed by atoms with van der Waals surface area (Å²) in [5.74, 6) is -0.745. The Morgan fingerprint density at radius 2 is 1.69 bits per heavy atom. The number of para-hydroxylation sites is 1. The van der Waals surface area contributed by atoms with Crippen LogP contribution < -0.4 is 5.32 Å². The highest BCUT2D eigenvalue weighted by molar-refractivity contribution is 7.10. The first-order valence-electron chi connectivity index (χ1n) is 8.30. The molecule has 0 aliphatic heterocycles. The summed E-state index contributed by atoms with van der Waals surface area (Å²) in [4.78, 5) is 24.8. The van der Waals surface area contributed by atoms with Crippen LogP contribution in [0.5, 0.6) is 0 Å². The maximum absolute atomic E-state index is 12.1. The third-order valence-electron chi connectivity index (χ3n) is 3.79. The van der Waals surface area contributed by atoms with Crippen LogP contribution in [0.3, 0.4) is 0 Å². The van der Waals surface area contributed by atoms with Gasteiger partial charge in [0.15, 0.2) is 6.61 Å². The van der Waals surface area contributed by atoms with Crippen LogP contribution in [-0.4, -0.2) is 18.5 Å². The van der Waals surface area contributed by atoms with E-state index in [2.05, 4.69) is 5.32 Å². The molecule has 5 heteroatoms. The van der Waals surface area contributed by atoms with Crippen LogP contribution >= 0.6 is 11.3 Å². The molecule has 132 valence electrons. The maximum atomic E-state index is 12.1. The number of nitrogens with one attached hydrogen (secondary N) is 1. The summed E-state index contributed by atoms with van der Waals surface area (Å²) in [5, 5.41) is 4.73. The molecular formula is C21H19NO3S. The number of esters is 1. The molecule has 1 N–H and O–H groups in total. The van der Waals surface area contributed by atoms with Gasteiger partial charge in [-0.15, -0.1) is 11.3 Å². The van der Waals surface area contributed by atoms with Crippen LogP contribution in [0.4, 0.5) is 5.69 Å². The van der Waals surface area contributed by atoms with Crippen molar-refractivity contribution in [2.24, 2.45) is 0 Å². The number of hydrogen-bond donors (Lipinski definition) is 1. The van der Waals surface area contributed by atoms with Crippen molar-refractivity contribution in [1.29, 1.82) is 0 Å². The minimum Gasteiger partial charge on any atom is -0.455 e. The molecule has 0 aliphatic rings. The Labute approximate surface area is 156 Å². The maximum Gasteiger partial charge on any atom is 0.311 e. The average molecular weight is 365 g/mol. The normalized spacial score (nSPS) is 10.3. The fourth-order valence-electron chi connectivity index (χ4n) is 2.55. The third kappa shape index (κ3) is 5.29. The minimum absolute atomic E-state index is 0.190. The SMILES string of the molecule is O=C(COC(=O)Cc1cccs1)Nc1ccccc1Cc1ccccc1. The van der Waals surface area contributed by atoms with Crippen molar-refractivity contribution in [3.8, 4) is 0 Å². The van der Waals surface area contributed by atoms with Crippen LogP contribution in [0.25, 0.3) is 0 Å². The number of carbonyl (C=O) groups excluding carboxylic acids is 2. The smallest absolute Gasteiger partial charge is 0.311 e. The van der Waals surface area contributed by atoms with Crippen molar-refractivity contribution in [3.05, 3.63) is 88.1 Å². The van der Waals surface area contributed by atoms with Crippen molar-refractivity contribution < 1.29 is 14.3 Å². The zero-order valence-electron chi connectivity index (χ0n) is 14.2. The van der Waals surface area contributed by atoms with Gasteiger partial charge in [0, 0.05) is 10.6 Å². The van der Waals surface area contributed by atoms with E-state index in [1.54, 1.807) is 0 Å². The molecule has 0 aliphatic carbocycles. The van der Waals surface area contributed by atoms with E-state index >= 15 is 0 Å². The Bertz CT molecular complexity index is 860. The van der Waals surface area contributed by atoms with Gasteiger partial charge in [-0.2, -0.15) is 0 Å². The van der Waals surface area contributed by atoms with Gasteiger partial charge in [0.25, 0.3) is 5.91 Å². The summed E-state index contributed by atoms with van der Waals surface area (Å²) in [5.41, 5.74) is 2.91. The van der Waals surface area contributed by atoms with E-state index in [9.17, 15) is 9.59 Å². The lowest BCUT2D eigenvalue weighted by molar-refractivity contribution is -0.146. The van der Waals surface area contributed by atoms with Crippen LogP contribution in [0.1, 0.15) is 16.0 Å². The van der Waals surface area contributed by atoms with Crippen molar-refractivity contribution in [1.82, 2.24) is 0 Å². The molecule has 1 heterocycles. The molecule has 4 nitrogen and oxygen atoms in total. The molecule has 0 fully saturated rings. The summed E-state index contributed by atoms with van der Waals surface area (Å²) in [6, 6.07) is 21.4. The number of amides is 1. The number of ether oxygens (including phenoxy) is 1. The molecule has 3 rings (SSSR count). The minimum atomic E-state index is -0.403. The van der Waals surface area contributed by atoms with E-state index in [1.807, 2.05) is 72.1 Å². The molecular weight excluding hydrogens is 346 g/mol. The third-order valence-corrected chi connectivity index (χ3v) is 4.67. The molecule has 1 aromatic heterocycles. The molecule has 1 amide bonds. The Balaban J connectivity index is 1.55. The molecule has 2 aromatic carbocycles. The second kappa shape index (κ2) is 8.97. The van der Waals surface area contributed by atoms with Gasteiger partial charge in [-0.05, 0) is 35.1 Å². The highest BCUT2D eigenvalue weighted by Crippen LogP contribution is 2.19. The van der Waals surface area contributed by atoms with Gasteiger partial charge in [0.1, 0.15) is 0 Å². The lowest BCUT2D eigenvalue weighted by Gasteiger charge is -2.11. The first-order chi connectivity index (χ1) is 12.7. The Kier molecular flexibility index (Phi) is 6.17. The van der Waals surface area contributed by atoms with Gasteiger partial charge in [-0.1, -0.05) is 54.6 Å². The number of benzene rings is 2. The second-order valence-electron chi connectivity index (χ2n) is 5.78. The number of thiophene rings is 1. The summed E-state index contributed by atoms with van der Waals surface area (Å²) in [7, 11) is 0. The molecule has 0 saturated carbocycles. The largest absolute Gasteiger partial charge is 0.455 e. The van der Waals surface area contributed by atoms with Crippen molar-refractivity contribution >= 4 is 28.9 Å². The number of anilines is 1.